The zero-order valence-corrected chi connectivity index (χ0v) is 9.46. The standard InChI is InChI=1S/C10H11ClO3S/c11-5-7(12)6-15-9-4-2-1-3-8(9)10(13)14/h1-4,7,12H,5-6H2,(H,13,14). The van der Waals surface area contributed by atoms with E-state index in [4.69, 9.17) is 16.7 Å². The van der Waals surface area contributed by atoms with Gasteiger partial charge in [-0.25, -0.2) is 4.79 Å². The number of thioether (sulfide) groups is 1. The van der Waals surface area contributed by atoms with Gasteiger partial charge in [0.1, 0.15) is 0 Å². The molecule has 1 aromatic rings. The van der Waals surface area contributed by atoms with Crippen LogP contribution in [0.3, 0.4) is 0 Å². The highest BCUT2D eigenvalue weighted by Gasteiger charge is 2.10. The van der Waals surface area contributed by atoms with Crippen molar-refractivity contribution >= 4 is 29.3 Å². The third kappa shape index (κ3) is 3.74. The third-order valence-corrected chi connectivity index (χ3v) is 3.30. The molecule has 0 heterocycles. The molecule has 0 aliphatic rings. The van der Waals surface area contributed by atoms with Crippen molar-refractivity contribution in [2.75, 3.05) is 11.6 Å². The molecule has 1 aromatic carbocycles. The van der Waals surface area contributed by atoms with Crippen molar-refractivity contribution in [3.8, 4) is 0 Å². The zero-order chi connectivity index (χ0) is 11.3. The van der Waals surface area contributed by atoms with E-state index in [1.165, 1.54) is 17.8 Å². The number of aliphatic hydroxyl groups excluding tert-OH is 1. The van der Waals surface area contributed by atoms with Gasteiger partial charge in [0.05, 0.1) is 11.7 Å². The number of benzene rings is 1. The summed E-state index contributed by atoms with van der Waals surface area (Å²) in [6.07, 6.45) is -0.612. The molecule has 0 radical (unpaired) electrons. The number of carboxylic acid groups (broad SMARTS) is 1. The molecule has 82 valence electrons. The van der Waals surface area contributed by atoms with E-state index >= 15 is 0 Å². The van der Waals surface area contributed by atoms with Crippen LogP contribution in [0, 0.1) is 0 Å². The molecule has 15 heavy (non-hydrogen) atoms. The van der Waals surface area contributed by atoms with Crippen LogP contribution in [-0.4, -0.2) is 33.9 Å². The van der Waals surface area contributed by atoms with Crippen molar-refractivity contribution in [2.24, 2.45) is 0 Å². The van der Waals surface area contributed by atoms with Gasteiger partial charge in [-0.2, -0.15) is 0 Å². The lowest BCUT2D eigenvalue weighted by Crippen LogP contribution is -2.11. The van der Waals surface area contributed by atoms with Gasteiger partial charge in [0.25, 0.3) is 0 Å². The van der Waals surface area contributed by atoms with Crippen molar-refractivity contribution in [1.82, 2.24) is 0 Å². The van der Waals surface area contributed by atoms with Gasteiger partial charge < -0.3 is 10.2 Å². The molecule has 1 atom stereocenters. The summed E-state index contributed by atoms with van der Waals surface area (Å²) >= 11 is 6.73. The number of rotatable bonds is 5. The van der Waals surface area contributed by atoms with Crippen LogP contribution in [-0.2, 0) is 0 Å². The minimum atomic E-state index is -0.960. The highest BCUT2D eigenvalue weighted by atomic mass is 35.5. The van der Waals surface area contributed by atoms with Gasteiger partial charge >= 0.3 is 5.97 Å². The van der Waals surface area contributed by atoms with Crippen molar-refractivity contribution in [2.45, 2.75) is 11.0 Å². The van der Waals surface area contributed by atoms with Crippen LogP contribution >= 0.6 is 23.4 Å². The first kappa shape index (κ1) is 12.4. The molecular formula is C10H11ClO3S. The van der Waals surface area contributed by atoms with Gasteiger partial charge in [-0.3, -0.25) is 0 Å². The second-order valence-corrected chi connectivity index (χ2v) is 4.29. The van der Waals surface area contributed by atoms with Gasteiger partial charge in [-0.15, -0.1) is 23.4 Å². The van der Waals surface area contributed by atoms with Crippen LogP contribution in [0.25, 0.3) is 0 Å². The maximum absolute atomic E-state index is 10.8. The van der Waals surface area contributed by atoms with E-state index in [9.17, 15) is 9.90 Å². The van der Waals surface area contributed by atoms with E-state index in [1.54, 1.807) is 18.2 Å². The van der Waals surface area contributed by atoms with E-state index in [-0.39, 0.29) is 11.4 Å². The average molecular weight is 247 g/mol. The number of hydrogen-bond donors (Lipinski definition) is 2. The number of aliphatic hydroxyl groups is 1. The summed E-state index contributed by atoms with van der Waals surface area (Å²) < 4.78 is 0. The molecule has 5 heteroatoms. The van der Waals surface area contributed by atoms with Crippen LogP contribution < -0.4 is 0 Å². The van der Waals surface area contributed by atoms with Crippen LogP contribution in [0.5, 0.6) is 0 Å². The maximum atomic E-state index is 10.8. The summed E-state index contributed by atoms with van der Waals surface area (Å²) in [5.41, 5.74) is 0.254. The van der Waals surface area contributed by atoms with Gasteiger partial charge in [0, 0.05) is 16.5 Å². The van der Waals surface area contributed by atoms with Crippen LogP contribution in [0.2, 0.25) is 0 Å². The Morgan fingerprint density at radius 1 is 1.47 bits per heavy atom. The molecule has 0 saturated heterocycles. The molecule has 0 aliphatic carbocycles. The zero-order valence-electron chi connectivity index (χ0n) is 7.89. The molecule has 1 rings (SSSR count). The van der Waals surface area contributed by atoms with Crippen molar-refractivity contribution < 1.29 is 15.0 Å². The summed E-state index contributed by atoms with van der Waals surface area (Å²) in [5, 5.41) is 18.1. The van der Waals surface area contributed by atoms with Crippen molar-refractivity contribution in [1.29, 1.82) is 0 Å². The molecule has 1 unspecified atom stereocenters. The molecule has 0 bridgehead atoms. The van der Waals surface area contributed by atoms with E-state index in [2.05, 4.69) is 0 Å². The SMILES string of the molecule is O=C(O)c1ccccc1SCC(O)CCl. The first-order valence-electron chi connectivity index (χ1n) is 4.34. The lowest BCUT2D eigenvalue weighted by Gasteiger charge is -2.08. The van der Waals surface area contributed by atoms with Gasteiger partial charge in [-0.05, 0) is 12.1 Å². The number of hydrogen-bond acceptors (Lipinski definition) is 3. The Hall–Kier alpha value is -0.710. The van der Waals surface area contributed by atoms with Crippen LogP contribution in [0.15, 0.2) is 29.2 Å². The second kappa shape index (κ2) is 6.00. The van der Waals surface area contributed by atoms with E-state index in [0.717, 1.165) is 0 Å². The van der Waals surface area contributed by atoms with E-state index < -0.39 is 12.1 Å². The molecule has 0 aromatic heterocycles. The lowest BCUT2D eigenvalue weighted by atomic mass is 10.2. The Bertz CT molecular complexity index is 343. The number of carbonyl (C=O) groups is 1. The van der Waals surface area contributed by atoms with E-state index in [0.29, 0.717) is 10.6 Å². The van der Waals surface area contributed by atoms with E-state index in [1.807, 2.05) is 0 Å². The highest BCUT2D eigenvalue weighted by molar-refractivity contribution is 7.99. The minimum absolute atomic E-state index is 0.155. The predicted molar refractivity (Wildman–Crippen MR) is 60.9 cm³/mol. The second-order valence-electron chi connectivity index (χ2n) is 2.92. The first-order valence-corrected chi connectivity index (χ1v) is 5.86. The molecule has 0 aliphatic heterocycles. The fraction of sp³-hybridized carbons (Fsp3) is 0.300. The highest BCUT2D eigenvalue weighted by Crippen LogP contribution is 2.23. The third-order valence-electron chi connectivity index (χ3n) is 1.73. The van der Waals surface area contributed by atoms with Crippen molar-refractivity contribution in [3.63, 3.8) is 0 Å². The minimum Gasteiger partial charge on any atom is -0.478 e. The summed E-state index contributed by atoms with van der Waals surface area (Å²) in [6, 6.07) is 6.69. The monoisotopic (exact) mass is 246 g/mol. The largest absolute Gasteiger partial charge is 0.478 e. The fourth-order valence-corrected chi connectivity index (χ4v) is 2.21. The number of aromatic carboxylic acids is 1. The lowest BCUT2D eigenvalue weighted by molar-refractivity contribution is 0.0693. The van der Waals surface area contributed by atoms with Crippen molar-refractivity contribution in [3.05, 3.63) is 29.8 Å². The average Bonchev–Trinajstić information content (AvgIpc) is 2.26. The normalized spacial score (nSPS) is 12.4. The summed E-state index contributed by atoms with van der Waals surface area (Å²) in [6.45, 7) is 0. The van der Waals surface area contributed by atoms with Gasteiger partial charge in [-0.1, -0.05) is 12.1 Å². The van der Waals surface area contributed by atoms with Crippen LogP contribution in [0.1, 0.15) is 10.4 Å². The maximum Gasteiger partial charge on any atom is 0.336 e. The number of alkyl halides is 1. The first-order chi connectivity index (χ1) is 7.15. The molecular weight excluding hydrogens is 236 g/mol. The number of carboxylic acids is 1. The van der Waals surface area contributed by atoms with Gasteiger partial charge in [0.15, 0.2) is 0 Å². The predicted octanol–water partition coefficient (Wildman–Crippen LogP) is 2.08. The molecule has 0 saturated carbocycles. The molecule has 3 nitrogen and oxygen atoms in total. The Kier molecular flexibility index (Phi) is 4.94. The fourth-order valence-electron chi connectivity index (χ4n) is 1.000. The molecule has 0 spiro atoms. The molecule has 0 amide bonds. The Morgan fingerprint density at radius 3 is 2.73 bits per heavy atom. The van der Waals surface area contributed by atoms with Crippen LogP contribution in [0.4, 0.5) is 0 Å². The molecule has 0 fully saturated rings. The Labute approximate surface area is 97.1 Å². The summed E-state index contributed by atoms with van der Waals surface area (Å²) in [4.78, 5) is 11.5. The number of halogens is 1. The Morgan fingerprint density at radius 2 is 2.13 bits per heavy atom. The topological polar surface area (TPSA) is 57.5 Å². The summed E-state index contributed by atoms with van der Waals surface area (Å²) in [7, 11) is 0. The molecule has 2 N–H and O–H groups in total. The quantitative estimate of drug-likeness (QED) is 0.617. The Balaban J connectivity index is 2.72. The smallest absolute Gasteiger partial charge is 0.336 e. The summed E-state index contributed by atoms with van der Waals surface area (Å²) in [5.74, 6) is -0.408. The van der Waals surface area contributed by atoms with Gasteiger partial charge in [0.2, 0.25) is 0 Å².